The van der Waals surface area contributed by atoms with Gasteiger partial charge >= 0.3 is 0 Å². The van der Waals surface area contributed by atoms with Crippen molar-refractivity contribution in [3.05, 3.63) is 24.3 Å². The molecule has 1 aromatic rings. The normalized spacial score (nSPS) is 12.3. The van der Waals surface area contributed by atoms with Crippen molar-refractivity contribution >= 4 is 11.6 Å². The van der Waals surface area contributed by atoms with Crippen LogP contribution in [0, 0.1) is 0 Å². The van der Waals surface area contributed by atoms with Gasteiger partial charge in [0.05, 0.1) is 5.69 Å². The molecule has 0 unspecified atom stereocenters. The van der Waals surface area contributed by atoms with E-state index in [0.29, 0.717) is 24.0 Å². The molecule has 0 saturated heterocycles. The van der Waals surface area contributed by atoms with Crippen molar-refractivity contribution < 1.29 is 14.6 Å². The van der Waals surface area contributed by atoms with Crippen LogP contribution < -0.4 is 15.4 Å². The van der Waals surface area contributed by atoms with Gasteiger partial charge in [0.2, 0.25) is 5.91 Å². The lowest BCUT2D eigenvalue weighted by atomic mass is 10.3. The first-order chi connectivity index (χ1) is 8.99. The van der Waals surface area contributed by atoms with Gasteiger partial charge in [0.15, 0.2) is 0 Å². The Kier molecular flexibility index (Phi) is 6.32. The van der Waals surface area contributed by atoms with Crippen LogP contribution in [0.15, 0.2) is 24.3 Å². The van der Waals surface area contributed by atoms with Crippen LogP contribution in [0.5, 0.6) is 5.75 Å². The van der Waals surface area contributed by atoms with E-state index in [-0.39, 0.29) is 12.5 Å². The van der Waals surface area contributed by atoms with Gasteiger partial charge in [0.1, 0.15) is 18.5 Å². The largest absolute Gasteiger partial charge is 0.489 e. The molecular weight excluding hydrogens is 244 g/mol. The summed E-state index contributed by atoms with van der Waals surface area (Å²) in [6.07, 6.45) is -0.590. The zero-order valence-corrected chi connectivity index (χ0v) is 11.6. The summed E-state index contributed by atoms with van der Waals surface area (Å²) in [5, 5.41) is 15.6. The highest BCUT2D eigenvalue weighted by molar-refractivity contribution is 5.90. The Morgan fingerprint density at radius 3 is 2.68 bits per heavy atom. The number of carbonyl (C=O) groups is 1. The first-order valence-corrected chi connectivity index (χ1v) is 6.40. The number of hydrogen-bond donors (Lipinski definition) is 3. The summed E-state index contributed by atoms with van der Waals surface area (Å²) in [4.78, 5) is 11.1. The molecule has 19 heavy (non-hydrogen) atoms. The van der Waals surface area contributed by atoms with E-state index in [1.165, 1.54) is 6.92 Å². The Balaban J connectivity index is 2.50. The van der Waals surface area contributed by atoms with Gasteiger partial charge in [0, 0.05) is 19.5 Å². The standard InChI is InChI=1S/C14H22N2O3/c1-10(2)15-8-12(18)9-19-14-7-5-4-6-13(14)16-11(3)17/h4-7,10,12,15,18H,8-9H2,1-3H3,(H,16,17)/t12-/m1/s1. The van der Waals surface area contributed by atoms with Crippen LogP contribution in [0.3, 0.4) is 0 Å². The first kappa shape index (κ1) is 15.5. The maximum absolute atomic E-state index is 11.1. The van der Waals surface area contributed by atoms with Crippen LogP contribution in [0.1, 0.15) is 20.8 Å². The summed E-state index contributed by atoms with van der Waals surface area (Å²) in [5.41, 5.74) is 0.610. The molecule has 0 aliphatic rings. The fourth-order valence-corrected chi connectivity index (χ4v) is 1.50. The highest BCUT2D eigenvalue weighted by Crippen LogP contribution is 2.23. The van der Waals surface area contributed by atoms with Crippen LogP contribution in [0.4, 0.5) is 5.69 Å². The number of para-hydroxylation sites is 2. The molecule has 1 rings (SSSR count). The topological polar surface area (TPSA) is 70.6 Å². The number of ether oxygens (including phenoxy) is 1. The van der Waals surface area contributed by atoms with Crippen molar-refractivity contribution in [2.45, 2.75) is 32.9 Å². The fourth-order valence-electron chi connectivity index (χ4n) is 1.50. The van der Waals surface area contributed by atoms with Crippen molar-refractivity contribution in [1.82, 2.24) is 5.32 Å². The maximum atomic E-state index is 11.1. The molecule has 0 aliphatic heterocycles. The Morgan fingerprint density at radius 1 is 1.37 bits per heavy atom. The average molecular weight is 266 g/mol. The molecule has 3 N–H and O–H groups in total. The third-order valence-electron chi connectivity index (χ3n) is 2.39. The fraction of sp³-hybridized carbons (Fsp3) is 0.500. The highest BCUT2D eigenvalue weighted by Gasteiger charge is 2.09. The van der Waals surface area contributed by atoms with E-state index in [1.807, 2.05) is 26.0 Å². The Labute approximate surface area is 114 Å². The molecule has 0 fully saturated rings. The van der Waals surface area contributed by atoms with E-state index in [0.717, 1.165) is 0 Å². The van der Waals surface area contributed by atoms with E-state index in [1.54, 1.807) is 12.1 Å². The molecule has 5 heteroatoms. The van der Waals surface area contributed by atoms with E-state index < -0.39 is 6.10 Å². The second-order valence-corrected chi connectivity index (χ2v) is 4.71. The number of aliphatic hydroxyl groups excluding tert-OH is 1. The quantitative estimate of drug-likeness (QED) is 0.697. The van der Waals surface area contributed by atoms with Crippen molar-refractivity contribution in [2.24, 2.45) is 0 Å². The summed E-state index contributed by atoms with van der Waals surface area (Å²) < 4.78 is 5.53. The minimum absolute atomic E-state index is 0.155. The van der Waals surface area contributed by atoms with Crippen molar-refractivity contribution in [2.75, 3.05) is 18.5 Å². The summed E-state index contributed by atoms with van der Waals surface area (Å²) in [7, 11) is 0. The van der Waals surface area contributed by atoms with Crippen LogP contribution in [-0.4, -0.2) is 36.3 Å². The molecular formula is C14H22N2O3. The van der Waals surface area contributed by atoms with Crippen molar-refractivity contribution in [3.8, 4) is 5.75 Å². The van der Waals surface area contributed by atoms with Crippen LogP contribution >= 0.6 is 0 Å². The summed E-state index contributed by atoms with van der Waals surface area (Å²) in [6.45, 7) is 6.12. The molecule has 0 saturated carbocycles. The van der Waals surface area contributed by atoms with Gasteiger partial charge in [-0.2, -0.15) is 0 Å². The number of anilines is 1. The van der Waals surface area contributed by atoms with E-state index in [9.17, 15) is 9.90 Å². The second-order valence-electron chi connectivity index (χ2n) is 4.71. The minimum atomic E-state index is -0.590. The monoisotopic (exact) mass is 266 g/mol. The smallest absolute Gasteiger partial charge is 0.221 e. The van der Waals surface area contributed by atoms with Gasteiger partial charge in [-0.1, -0.05) is 26.0 Å². The SMILES string of the molecule is CC(=O)Nc1ccccc1OC[C@H](O)CNC(C)C. The molecule has 0 aliphatic carbocycles. The molecule has 0 heterocycles. The van der Waals surface area contributed by atoms with Crippen LogP contribution in [0.2, 0.25) is 0 Å². The number of rotatable bonds is 7. The third kappa shape index (κ3) is 6.22. The Morgan fingerprint density at radius 2 is 2.05 bits per heavy atom. The molecule has 5 nitrogen and oxygen atoms in total. The predicted octanol–water partition coefficient (Wildman–Crippen LogP) is 1.38. The number of nitrogens with one attached hydrogen (secondary N) is 2. The molecule has 1 amide bonds. The molecule has 1 aromatic carbocycles. The molecule has 0 aromatic heterocycles. The predicted molar refractivity (Wildman–Crippen MR) is 75.4 cm³/mol. The van der Waals surface area contributed by atoms with Gasteiger partial charge in [-0.15, -0.1) is 0 Å². The summed E-state index contributed by atoms with van der Waals surface area (Å²) >= 11 is 0. The Hall–Kier alpha value is -1.59. The molecule has 106 valence electrons. The second kappa shape index (κ2) is 7.76. The van der Waals surface area contributed by atoms with Gasteiger partial charge in [0.25, 0.3) is 0 Å². The van der Waals surface area contributed by atoms with Gasteiger partial charge in [-0.05, 0) is 12.1 Å². The van der Waals surface area contributed by atoms with Crippen molar-refractivity contribution in [3.63, 3.8) is 0 Å². The third-order valence-corrected chi connectivity index (χ3v) is 2.39. The zero-order valence-electron chi connectivity index (χ0n) is 11.6. The molecule has 1 atom stereocenters. The lowest BCUT2D eigenvalue weighted by Gasteiger charge is -2.16. The van der Waals surface area contributed by atoms with E-state index >= 15 is 0 Å². The number of carbonyl (C=O) groups excluding carboxylic acids is 1. The average Bonchev–Trinajstić information content (AvgIpc) is 2.34. The first-order valence-electron chi connectivity index (χ1n) is 6.40. The lowest BCUT2D eigenvalue weighted by Crippen LogP contribution is -2.35. The molecule has 0 bridgehead atoms. The number of hydrogen-bond acceptors (Lipinski definition) is 4. The van der Waals surface area contributed by atoms with Crippen LogP contribution in [0.25, 0.3) is 0 Å². The number of benzene rings is 1. The minimum Gasteiger partial charge on any atom is -0.489 e. The molecule has 0 radical (unpaired) electrons. The van der Waals surface area contributed by atoms with Gasteiger partial charge in [-0.3, -0.25) is 4.79 Å². The Bertz CT molecular complexity index is 407. The number of amides is 1. The molecule has 0 spiro atoms. The highest BCUT2D eigenvalue weighted by atomic mass is 16.5. The zero-order chi connectivity index (χ0) is 14.3. The summed E-state index contributed by atoms with van der Waals surface area (Å²) in [5.74, 6) is 0.402. The van der Waals surface area contributed by atoms with Gasteiger partial charge in [-0.25, -0.2) is 0 Å². The maximum Gasteiger partial charge on any atom is 0.221 e. The number of aliphatic hydroxyl groups is 1. The van der Waals surface area contributed by atoms with Crippen LogP contribution in [-0.2, 0) is 4.79 Å². The van der Waals surface area contributed by atoms with E-state index in [4.69, 9.17) is 4.74 Å². The van der Waals surface area contributed by atoms with E-state index in [2.05, 4.69) is 10.6 Å². The van der Waals surface area contributed by atoms with Crippen molar-refractivity contribution in [1.29, 1.82) is 0 Å². The van der Waals surface area contributed by atoms with Gasteiger partial charge < -0.3 is 20.5 Å². The summed E-state index contributed by atoms with van der Waals surface area (Å²) in [6, 6.07) is 7.47. The lowest BCUT2D eigenvalue weighted by molar-refractivity contribution is -0.114.